The van der Waals surface area contributed by atoms with Crippen LogP contribution in [-0.2, 0) is 0 Å². The van der Waals surface area contributed by atoms with E-state index in [2.05, 4.69) is 59.8 Å². The van der Waals surface area contributed by atoms with Crippen molar-refractivity contribution in [1.82, 2.24) is 14.9 Å². The molecular formula is C15H27N5. The first-order chi connectivity index (χ1) is 9.54. The predicted octanol–water partition coefficient (Wildman–Crippen LogP) is 2.17. The minimum absolute atomic E-state index is 0.409. The third-order valence-electron chi connectivity index (χ3n) is 3.89. The molecule has 1 atom stereocenters. The van der Waals surface area contributed by atoms with E-state index in [9.17, 15) is 0 Å². The van der Waals surface area contributed by atoms with Crippen LogP contribution in [0.1, 0.15) is 39.2 Å². The van der Waals surface area contributed by atoms with Crippen molar-refractivity contribution in [1.29, 1.82) is 0 Å². The van der Waals surface area contributed by atoms with E-state index in [1.807, 2.05) is 0 Å². The quantitative estimate of drug-likeness (QED) is 0.914. The van der Waals surface area contributed by atoms with Crippen LogP contribution in [0.3, 0.4) is 0 Å². The molecule has 0 bridgehead atoms. The van der Waals surface area contributed by atoms with Gasteiger partial charge in [0.05, 0.1) is 0 Å². The lowest BCUT2D eigenvalue weighted by Crippen LogP contribution is -2.51. The van der Waals surface area contributed by atoms with Crippen molar-refractivity contribution in [3.8, 4) is 0 Å². The Morgan fingerprint density at radius 3 is 2.70 bits per heavy atom. The van der Waals surface area contributed by atoms with Gasteiger partial charge in [0.25, 0.3) is 0 Å². The van der Waals surface area contributed by atoms with Gasteiger partial charge >= 0.3 is 0 Å². The van der Waals surface area contributed by atoms with Crippen LogP contribution < -0.4 is 10.2 Å². The van der Waals surface area contributed by atoms with Gasteiger partial charge in [-0.1, -0.05) is 13.8 Å². The lowest BCUT2D eigenvalue weighted by molar-refractivity contribution is 0.274. The molecule has 1 saturated heterocycles. The van der Waals surface area contributed by atoms with Crippen molar-refractivity contribution in [3.63, 3.8) is 0 Å². The molecule has 0 spiro atoms. The van der Waals surface area contributed by atoms with Crippen molar-refractivity contribution in [2.24, 2.45) is 0 Å². The van der Waals surface area contributed by atoms with Crippen LogP contribution in [0.25, 0.3) is 0 Å². The van der Waals surface area contributed by atoms with Crippen LogP contribution >= 0.6 is 0 Å². The van der Waals surface area contributed by atoms with Crippen LogP contribution in [0.4, 0.5) is 11.6 Å². The average molecular weight is 277 g/mol. The number of hydrogen-bond donors (Lipinski definition) is 1. The molecular weight excluding hydrogens is 250 g/mol. The summed E-state index contributed by atoms with van der Waals surface area (Å²) in [7, 11) is 2.18. The fraction of sp³-hybridized carbons (Fsp3) is 0.733. The smallest absolute Gasteiger partial charge is 0.137 e. The summed E-state index contributed by atoms with van der Waals surface area (Å²) in [4.78, 5) is 13.8. The van der Waals surface area contributed by atoms with Crippen LogP contribution in [0.5, 0.6) is 0 Å². The summed E-state index contributed by atoms with van der Waals surface area (Å²) in [5.41, 5.74) is 1.24. The average Bonchev–Trinajstić information content (AvgIpc) is 2.38. The number of aromatic nitrogens is 2. The van der Waals surface area contributed by atoms with Gasteiger partial charge in [-0.15, -0.1) is 0 Å². The molecule has 1 aliphatic rings. The van der Waals surface area contributed by atoms with E-state index in [0.29, 0.717) is 12.0 Å². The molecule has 20 heavy (non-hydrogen) atoms. The second kappa shape index (κ2) is 6.39. The Bertz CT molecular complexity index is 446. The summed E-state index contributed by atoms with van der Waals surface area (Å²) in [6.45, 7) is 12.9. The molecule has 5 heteroatoms. The zero-order valence-corrected chi connectivity index (χ0v) is 13.3. The minimum Gasteiger partial charge on any atom is -0.370 e. The van der Waals surface area contributed by atoms with Gasteiger partial charge in [0.1, 0.15) is 18.0 Å². The Kier molecular flexibility index (Phi) is 4.81. The van der Waals surface area contributed by atoms with Crippen LogP contribution in [0.2, 0.25) is 0 Å². The highest BCUT2D eigenvalue weighted by Crippen LogP contribution is 2.32. The van der Waals surface area contributed by atoms with Gasteiger partial charge in [-0.2, -0.15) is 0 Å². The highest BCUT2D eigenvalue weighted by Gasteiger charge is 2.26. The molecule has 5 nitrogen and oxygen atoms in total. The highest BCUT2D eigenvalue weighted by molar-refractivity contribution is 5.61. The molecule has 1 aromatic rings. The zero-order chi connectivity index (χ0) is 14.7. The Hall–Kier alpha value is -1.36. The fourth-order valence-electron chi connectivity index (χ4n) is 2.91. The number of piperazine rings is 1. The molecule has 0 radical (unpaired) electrons. The molecule has 0 saturated carbocycles. The molecule has 1 aliphatic heterocycles. The summed E-state index contributed by atoms with van der Waals surface area (Å²) in [6.07, 6.45) is 1.68. The molecule has 1 fully saturated rings. The van der Waals surface area contributed by atoms with Crippen molar-refractivity contribution >= 4 is 11.6 Å². The fourth-order valence-corrected chi connectivity index (χ4v) is 2.91. The number of rotatable bonds is 4. The molecule has 0 amide bonds. The van der Waals surface area contributed by atoms with E-state index in [-0.39, 0.29) is 0 Å². The maximum Gasteiger partial charge on any atom is 0.137 e. The van der Waals surface area contributed by atoms with Gasteiger partial charge in [-0.25, -0.2) is 9.97 Å². The first-order valence-corrected chi connectivity index (χ1v) is 7.58. The summed E-state index contributed by atoms with van der Waals surface area (Å²) in [6, 6.07) is 0.482. The second-order valence-corrected chi connectivity index (χ2v) is 5.95. The topological polar surface area (TPSA) is 44.3 Å². The third kappa shape index (κ3) is 3.03. The van der Waals surface area contributed by atoms with Crippen LogP contribution in [0.15, 0.2) is 6.33 Å². The summed E-state index contributed by atoms with van der Waals surface area (Å²) < 4.78 is 0. The van der Waals surface area contributed by atoms with Gasteiger partial charge in [0.15, 0.2) is 0 Å². The Morgan fingerprint density at radius 2 is 2.10 bits per heavy atom. The maximum absolute atomic E-state index is 4.60. The normalized spacial score (nSPS) is 20.5. The summed E-state index contributed by atoms with van der Waals surface area (Å²) >= 11 is 0. The van der Waals surface area contributed by atoms with Gasteiger partial charge in [-0.05, 0) is 26.8 Å². The van der Waals surface area contributed by atoms with Crippen molar-refractivity contribution in [3.05, 3.63) is 11.9 Å². The van der Waals surface area contributed by atoms with E-state index in [1.54, 1.807) is 6.33 Å². The number of hydrogen-bond acceptors (Lipinski definition) is 5. The number of nitrogens with one attached hydrogen (secondary N) is 1. The van der Waals surface area contributed by atoms with E-state index < -0.39 is 0 Å². The predicted molar refractivity (Wildman–Crippen MR) is 84.6 cm³/mol. The Labute approximate surface area is 122 Å². The minimum atomic E-state index is 0.409. The number of anilines is 2. The van der Waals surface area contributed by atoms with Gasteiger partial charge in [0, 0.05) is 37.8 Å². The lowest BCUT2D eigenvalue weighted by Gasteiger charge is -2.40. The first kappa shape index (κ1) is 15.0. The third-order valence-corrected chi connectivity index (χ3v) is 3.89. The largest absolute Gasteiger partial charge is 0.370 e. The molecule has 1 N–H and O–H groups in total. The molecule has 2 rings (SSSR count). The van der Waals surface area contributed by atoms with Gasteiger partial charge < -0.3 is 15.1 Å². The molecule has 0 aromatic carbocycles. The van der Waals surface area contributed by atoms with Crippen molar-refractivity contribution in [2.75, 3.05) is 43.4 Å². The first-order valence-electron chi connectivity index (χ1n) is 7.58. The van der Waals surface area contributed by atoms with Gasteiger partial charge in [-0.3, -0.25) is 0 Å². The Balaban J connectivity index is 2.37. The molecule has 112 valence electrons. The SMILES string of the molecule is CCNc1ncnc(N2CCN(C)CC2C)c1C(C)C. The molecule has 2 heterocycles. The zero-order valence-electron chi connectivity index (χ0n) is 13.3. The summed E-state index contributed by atoms with van der Waals surface area (Å²) in [5.74, 6) is 2.50. The van der Waals surface area contributed by atoms with Crippen LogP contribution in [0, 0.1) is 0 Å². The van der Waals surface area contributed by atoms with E-state index >= 15 is 0 Å². The van der Waals surface area contributed by atoms with Gasteiger partial charge in [0.2, 0.25) is 0 Å². The monoisotopic (exact) mass is 277 g/mol. The molecule has 0 aliphatic carbocycles. The van der Waals surface area contributed by atoms with E-state index in [1.165, 1.54) is 5.56 Å². The maximum atomic E-state index is 4.60. The lowest BCUT2D eigenvalue weighted by atomic mass is 10.0. The van der Waals surface area contributed by atoms with Crippen LogP contribution in [-0.4, -0.2) is 54.1 Å². The molecule has 1 unspecified atom stereocenters. The number of likely N-dealkylation sites (N-methyl/N-ethyl adjacent to an activating group) is 1. The highest BCUT2D eigenvalue weighted by atomic mass is 15.3. The van der Waals surface area contributed by atoms with Crippen molar-refractivity contribution in [2.45, 2.75) is 39.7 Å². The number of nitrogens with zero attached hydrogens (tertiary/aromatic N) is 4. The summed E-state index contributed by atoms with van der Waals surface area (Å²) in [5, 5.41) is 3.37. The van der Waals surface area contributed by atoms with Crippen molar-refractivity contribution < 1.29 is 0 Å². The second-order valence-electron chi connectivity index (χ2n) is 5.95. The Morgan fingerprint density at radius 1 is 1.35 bits per heavy atom. The standard InChI is InChI=1S/C15H27N5/c1-6-16-14-13(11(2)3)15(18-10-17-14)20-8-7-19(5)9-12(20)4/h10-12H,6-9H2,1-5H3,(H,16,17,18). The molecule has 1 aromatic heterocycles. The van der Waals surface area contributed by atoms with E-state index in [4.69, 9.17) is 0 Å². The van der Waals surface area contributed by atoms with E-state index in [0.717, 1.165) is 37.8 Å².